The molecule has 7 unspecified atom stereocenters. The van der Waals surface area contributed by atoms with Crippen LogP contribution in [0.5, 0.6) is 0 Å². The van der Waals surface area contributed by atoms with Gasteiger partial charge in [0.2, 0.25) is 0 Å². The molecule has 0 fully saturated rings. The molecule has 4 N–H and O–H groups in total. The smallest absolute Gasteiger partial charge is 0.472 e. The van der Waals surface area contributed by atoms with Gasteiger partial charge in [-0.25, -0.2) is 4.57 Å². The number of carbonyl (C=O) groups excluding carboxylic acids is 2. The van der Waals surface area contributed by atoms with Gasteiger partial charge < -0.3 is 25.2 Å². The molecular weight excluding hydrogens is 757 g/mol. The van der Waals surface area contributed by atoms with E-state index >= 15 is 0 Å². The Morgan fingerprint density at radius 3 is 1.19 bits per heavy atom. The van der Waals surface area contributed by atoms with Crippen molar-refractivity contribution >= 4 is 25.7 Å². The number of phosphoric acid groups is 1. The van der Waals surface area contributed by atoms with Crippen molar-refractivity contribution in [3.8, 4) is 0 Å². The monoisotopic (exact) mass is 848 g/mol. The van der Waals surface area contributed by atoms with Crippen molar-refractivity contribution in [3.63, 3.8) is 0 Å². The van der Waals surface area contributed by atoms with Crippen LogP contribution in [0, 0.1) is 47.3 Å². The van der Waals surface area contributed by atoms with E-state index in [0.717, 1.165) is 62.2 Å². The Kier molecular flexibility index (Phi) is 32.3. The molecule has 0 amide bonds. The van der Waals surface area contributed by atoms with Crippen LogP contribution in [0.1, 0.15) is 198 Å². The molecule has 0 saturated carbocycles. The number of rotatable bonds is 38. The highest BCUT2D eigenvalue weighted by Gasteiger charge is 2.28. The Labute approximate surface area is 355 Å². The molecule has 58 heavy (non-hydrogen) atoms. The number of carboxylic acid groups (broad SMARTS) is 1. The Morgan fingerprint density at radius 2 is 0.828 bits per heavy atom. The molecule has 0 saturated heterocycles. The Hall–Kier alpha value is -1.52. The fourth-order valence-corrected chi connectivity index (χ4v) is 8.19. The highest BCUT2D eigenvalue weighted by Crippen LogP contribution is 2.43. The summed E-state index contributed by atoms with van der Waals surface area (Å²) >= 11 is 0. The van der Waals surface area contributed by atoms with E-state index in [0.29, 0.717) is 11.8 Å². The fraction of sp³-hybridized carbons (Fsp3) is 0.935. The molecule has 0 aromatic carbocycles. The van der Waals surface area contributed by atoms with E-state index in [1.165, 1.54) is 77.0 Å². The number of hydrogen-bond acceptors (Lipinski definition) is 9. The summed E-state index contributed by atoms with van der Waals surface area (Å²) in [5.74, 6) is 2.14. The van der Waals surface area contributed by atoms with Crippen LogP contribution in [-0.2, 0) is 37.5 Å². The number of ether oxygens (including phenoxy) is 2. The first-order chi connectivity index (χ1) is 27.2. The van der Waals surface area contributed by atoms with Crippen molar-refractivity contribution in [2.75, 3.05) is 19.8 Å². The van der Waals surface area contributed by atoms with Crippen molar-refractivity contribution in [2.45, 2.75) is 210 Å². The molecule has 0 aliphatic rings. The predicted octanol–water partition coefficient (Wildman–Crippen LogP) is 11.9. The molecule has 0 aromatic heterocycles. The van der Waals surface area contributed by atoms with Crippen molar-refractivity contribution in [1.29, 1.82) is 0 Å². The SMILES string of the molecule is CC(C)CCCC(C)CCCC(C)CCCC(C)CC(=O)OC[C@H](COP(=O)(O)OC[C@H](N)C(=O)O)OC(=O)CC(C)CCCC(C)CCCC(C)CCCC(C)C. The van der Waals surface area contributed by atoms with Gasteiger partial charge in [0.1, 0.15) is 12.6 Å². The number of aliphatic carboxylic acids is 1. The number of carboxylic acids is 1. The van der Waals surface area contributed by atoms with Crippen molar-refractivity contribution in [2.24, 2.45) is 53.1 Å². The second-order valence-electron chi connectivity index (χ2n) is 19.2. The topological polar surface area (TPSA) is 172 Å². The molecule has 0 bridgehead atoms. The third-order valence-corrected chi connectivity index (χ3v) is 12.4. The zero-order chi connectivity index (χ0) is 44.1. The molecule has 0 aromatic rings. The van der Waals surface area contributed by atoms with Crippen LogP contribution in [0.2, 0.25) is 0 Å². The minimum Gasteiger partial charge on any atom is -0.480 e. The Balaban J connectivity index is 4.84. The third kappa shape index (κ3) is 34.2. The van der Waals surface area contributed by atoms with Crippen LogP contribution in [0.15, 0.2) is 0 Å². The highest BCUT2D eigenvalue weighted by atomic mass is 31.2. The number of carbonyl (C=O) groups is 3. The second-order valence-corrected chi connectivity index (χ2v) is 20.7. The molecule has 0 aliphatic carbocycles. The summed E-state index contributed by atoms with van der Waals surface area (Å²) < 4.78 is 33.3. The third-order valence-electron chi connectivity index (χ3n) is 11.4. The molecule has 0 rings (SSSR count). The largest absolute Gasteiger partial charge is 0.480 e. The minimum absolute atomic E-state index is 0.0567. The highest BCUT2D eigenvalue weighted by molar-refractivity contribution is 7.47. The average molecular weight is 848 g/mol. The van der Waals surface area contributed by atoms with Gasteiger partial charge in [0, 0.05) is 12.8 Å². The van der Waals surface area contributed by atoms with Crippen LogP contribution in [0.25, 0.3) is 0 Å². The van der Waals surface area contributed by atoms with E-state index in [-0.39, 0.29) is 31.3 Å². The number of esters is 2. The standard InChI is InChI=1S/C46H90NO10P/c1-34(2)17-11-19-36(5)21-13-23-38(7)25-15-27-40(9)29-44(48)54-31-42(32-55-58(52,53)56-33-43(47)46(50)51)57-45(49)30-41(10)28-16-26-39(8)24-14-22-37(6)20-12-18-35(3)4/h34-43H,11-33,47H2,1-10H3,(H,50,51)(H,52,53)/t36?,37?,38?,39?,40?,41?,42-,43+/m1/s1. The maximum atomic E-state index is 13.0. The maximum absolute atomic E-state index is 13.0. The Bertz CT molecular complexity index is 1120. The average Bonchev–Trinajstić information content (AvgIpc) is 3.11. The zero-order valence-corrected chi connectivity index (χ0v) is 39.6. The lowest BCUT2D eigenvalue weighted by Crippen LogP contribution is -2.35. The van der Waals surface area contributed by atoms with Gasteiger partial charge in [0.05, 0.1) is 13.2 Å². The minimum atomic E-state index is -4.74. The van der Waals surface area contributed by atoms with E-state index < -0.39 is 51.1 Å². The molecule has 11 nitrogen and oxygen atoms in total. The first-order valence-electron chi connectivity index (χ1n) is 23.1. The molecule has 12 heteroatoms. The summed E-state index contributed by atoms with van der Waals surface area (Å²) in [6.07, 6.45) is 20.5. The van der Waals surface area contributed by atoms with Gasteiger partial charge in [0.25, 0.3) is 0 Å². The van der Waals surface area contributed by atoms with Crippen molar-refractivity contribution in [1.82, 2.24) is 0 Å². The number of nitrogens with two attached hydrogens (primary N) is 1. The normalized spacial score (nSPS) is 17.2. The molecule has 0 spiro atoms. The van der Waals surface area contributed by atoms with Gasteiger partial charge in [-0.05, 0) is 47.3 Å². The van der Waals surface area contributed by atoms with Crippen LogP contribution >= 0.6 is 7.82 Å². The quantitative estimate of drug-likeness (QED) is 0.0399. The summed E-state index contributed by atoms with van der Waals surface area (Å²) in [5.41, 5.74) is 5.37. The van der Waals surface area contributed by atoms with E-state index in [9.17, 15) is 23.8 Å². The molecule has 0 aliphatic heterocycles. The fourth-order valence-electron chi connectivity index (χ4n) is 7.41. The van der Waals surface area contributed by atoms with E-state index in [1.807, 2.05) is 13.8 Å². The van der Waals surface area contributed by atoms with Crippen LogP contribution in [0.4, 0.5) is 0 Å². The van der Waals surface area contributed by atoms with Gasteiger partial charge in [-0.3, -0.25) is 23.4 Å². The molecule has 9 atom stereocenters. The summed E-state index contributed by atoms with van der Waals surface area (Å²) in [7, 11) is -4.74. The zero-order valence-electron chi connectivity index (χ0n) is 38.7. The lowest BCUT2D eigenvalue weighted by Gasteiger charge is -2.21. The number of hydrogen-bond donors (Lipinski definition) is 3. The van der Waals surface area contributed by atoms with E-state index in [4.69, 9.17) is 29.4 Å². The predicted molar refractivity (Wildman–Crippen MR) is 235 cm³/mol. The Morgan fingerprint density at radius 1 is 0.500 bits per heavy atom. The number of phosphoric ester groups is 1. The lowest BCUT2D eigenvalue weighted by atomic mass is 9.91. The maximum Gasteiger partial charge on any atom is 0.472 e. The first kappa shape index (κ1) is 56.5. The van der Waals surface area contributed by atoms with Crippen molar-refractivity contribution in [3.05, 3.63) is 0 Å². The van der Waals surface area contributed by atoms with Gasteiger partial charge in [-0.2, -0.15) is 0 Å². The van der Waals surface area contributed by atoms with Crippen LogP contribution in [-0.4, -0.2) is 59.9 Å². The summed E-state index contributed by atoms with van der Waals surface area (Å²) in [6, 6.07) is -1.53. The van der Waals surface area contributed by atoms with Crippen molar-refractivity contribution < 1.29 is 47.5 Å². The van der Waals surface area contributed by atoms with Gasteiger partial charge in [-0.15, -0.1) is 0 Å². The molecule has 344 valence electrons. The second kappa shape index (κ2) is 33.1. The van der Waals surface area contributed by atoms with Crippen LogP contribution < -0.4 is 5.73 Å². The lowest BCUT2D eigenvalue weighted by molar-refractivity contribution is -0.162. The van der Waals surface area contributed by atoms with E-state index in [2.05, 4.69) is 55.4 Å². The summed E-state index contributed by atoms with van der Waals surface area (Å²) in [5, 5.41) is 8.95. The summed E-state index contributed by atoms with van der Waals surface area (Å²) in [4.78, 5) is 46.9. The first-order valence-corrected chi connectivity index (χ1v) is 24.6. The van der Waals surface area contributed by atoms with Crippen LogP contribution in [0.3, 0.4) is 0 Å². The summed E-state index contributed by atoms with van der Waals surface area (Å²) in [6.45, 7) is 20.8. The molecular formula is C46H90NO10P. The van der Waals surface area contributed by atoms with E-state index in [1.54, 1.807) is 0 Å². The van der Waals surface area contributed by atoms with Gasteiger partial charge in [0.15, 0.2) is 6.10 Å². The van der Waals surface area contributed by atoms with Gasteiger partial charge in [-0.1, -0.05) is 185 Å². The van der Waals surface area contributed by atoms with Gasteiger partial charge >= 0.3 is 25.7 Å². The molecule has 0 radical (unpaired) electrons. The molecule has 0 heterocycles.